The van der Waals surface area contributed by atoms with Crippen molar-refractivity contribution in [2.24, 2.45) is 0 Å². The lowest BCUT2D eigenvalue weighted by atomic mass is 9.94. The van der Waals surface area contributed by atoms with Gasteiger partial charge in [0.2, 0.25) is 0 Å². The summed E-state index contributed by atoms with van der Waals surface area (Å²) in [4.78, 5) is 0. The van der Waals surface area contributed by atoms with E-state index in [0.29, 0.717) is 0 Å². The van der Waals surface area contributed by atoms with Crippen LogP contribution in [0.15, 0.2) is 42.5 Å². The van der Waals surface area contributed by atoms with Crippen LogP contribution < -0.4 is 9.47 Å². The van der Waals surface area contributed by atoms with Crippen LogP contribution in [0.25, 0.3) is 16.7 Å². The Bertz CT molecular complexity index is 726. The molecule has 0 bridgehead atoms. The van der Waals surface area contributed by atoms with E-state index < -0.39 is 0 Å². The third-order valence-corrected chi connectivity index (χ3v) is 4.03. The molecule has 0 saturated heterocycles. The van der Waals surface area contributed by atoms with E-state index >= 15 is 0 Å². The second-order valence-corrected chi connectivity index (χ2v) is 5.96. The van der Waals surface area contributed by atoms with Gasteiger partial charge in [-0.3, -0.25) is 0 Å². The van der Waals surface area contributed by atoms with Crippen LogP contribution in [0.2, 0.25) is 0 Å². The van der Waals surface area contributed by atoms with Gasteiger partial charge >= 0.3 is 0 Å². The highest BCUT2D eigenvalue weighted by Gasteiger charge is 2.18. The first-order valence-corrected chi connectivity index (χ1v) is 7.74. The summed E-state index contributed by atoms with van der Waals surface area (Å²) in [6.07, 6.45) is 3.36. The topological polar surface area (TPSA) is 18.5 Å². The molecule has 2 nitrogen and oxygen atoms in total. The first-order valence-electron chi connectivity index (χ1n) is 7.74. The van der Waals surface area contributed by atoms with Gasteiger partial charge in [-0.15, -0.1) is 0 Å². The highest BCUT2D eigenvalue weighted by Crippen LogP contribution is 2.42. The lowest BCUT2D eigenvalue weighted by Crippen LogP contribution is -2.07. The van der Waals surface area contributed by atoms with Crippen LogP contribution >= 0.6 is 0 Å². The van der Waals surface area contributed by atoms with Crippen molar-refractivity contribution < 1.29 is 9.47 Å². The Morgan fingerprint density at radius 2 is 1.68 bits per heavy atom. The molecule has 0 unspecified atom stereocenters. The minimum Gasteiger partial charge on any atom is -0.493 e. The van der Waals surface area contributed by atoms with Crippen LogP contribution in [0.3, 0.4) is 0 Å². The zero-order valence-electron chi connectivity index (χ0n) is 13.6. The summed E-state index contributed by atoms with van der Waals surface area (Å²) in [6, 6.07) is 12.8. The SMILES string of the molecule is COc1cc2c(cc1OC(C)C)-c1ccccc1CC=C2C. The smallest absolute Gasteiger partial charge is 0.162 e. The maximum absolute atomic E-state index is 5.95. The summed E-state index contributed by atoms with van der Waals surface area (Å²) >= 11 is 0. The van der Waals surface area contributed by atoms with E-state index in [-0.39, 0.29) is 6.10 Å². The van der Waals surface area contributed by atoms with Gasteiger partial charge in [0, 0.05) is 0 Å². The van der Waals surface area contributed by atoms with Gasteiger partial charge in [0.1, 0.15) is 0 Å². The lowest BCUT2D eigenvalue weighted by Gasteiger charge is -2.18. The normalized spacial score (nSPS) is 13.0. The zero-order chi connectivity index (χ0) is 15.7. The molecule has 0 atom stereocenters. The van der Waals surface area contributed by atoms with Crippen molar-refractivity contribution in [1.82, 2.24) is 0 Å². The zero-order valence-corrected chi connectivity index (χ0v) is 13.6. The molecule has 0 aromatic heterocycles. The predicted molar refractivity (Wildman–Crippen MR) is 91.5 cm³/mol. The number of rotatable bonds is 3. The summed E-state index contributed by atoms with van der Waals surface area (Å²) in [6.45, 7) is 6.22. The lowest BCUT2D eigenvalue weighted by molar-refractivity contribution is 0.230. The van der Waals surface area contributed by atoms with Crippen LogP contribution in [0.4, 0.5) is 0 Å². The summed E-state index contributed by atoms with van der Waals surface area (Å²) in [7, 11) is 1.69. The standard InChI is InChI=1S/C20H22O2/c1-13(2)22-20-12-18-16-8-6-5-7-15(16)10-9-14(3)17(18)11-19(20)21-4/h5-9,11-13H,10H2,1-4H3. The average Bonchev–Trinajstić information content (AvgIpc) is 2.64. The number of methoxy groups -OCH3 is 1. The van der Waals surface area contributed by atoms with E-state index in [9.17, 15) is 0 Å². The molecule has 0 spiro atoms. The van der Waals surface area contributed by atoms with Gasteiger partial charge in [-0.05, 0) is 67.2 Å². The Hall–Kier alpha value is -2.22. The first-order chi connectivity index (χ1) is 10.6. The number of ether oxygens (including phenoxy) is 2. The van der Waals surface area contributed by atoms with Crippen LogP contribution in [0.1, 0.15) is 31.9 Å². The molecular weight excluding hydrogens is 272 g/mol. The van der Waals surface area contributed by atoms with E-state index in [1.165, 1.54) is 27.8 Å². The molecule has 1 aliphatic carbocycles. The minimum absolute atomic E-state index is 0.115. The fraction of sp³-hybridized carbons (Fsp3) is 0.300. The van der Waals surface area contributed by atoms with E-state index in [1.807, 2.05) is 13.8 Å². The molecule has 0 aliphatic heterocycles. The van der Waals surface area contributed by atoms with Crippen LogP contribution in [0, 0.1) is 0 Å². The van der Waals surface area contributed by atoms with Crippen molar-refractivity contribution in [2.45, 2.75) is 33.3 Å². The first kappa shape index (κ1) is 14.7. The number of fused-ring (bicyclic) bond motifs is 3. The van der Waals surface area contributed by atoms with Crippen LogP contribution in [0.5, 0.6) is 11.5 Å². The summed E-state index contributed by atoms with van der Waals surface area (Å²) in [5.74, 6) is 1.60. The highest BCUT2D eigenvalue weighted by molar-refractivity contribution is 5.86. The highest BCUT2D eigenvalue weighted by atomic mass is 16.5. The molecule has 0 heterocycles. The molecule has 2 aromatic rings. The van der Waals surface area contributed by atoms with Gasteiger partial charge < -0.3 is 9.47 Å². The van der Waals surface area contributed by atoms with Crippen molar-refractivity contribution >= 4 is 5.57 Å². The fourth-order valence-corrected chi connectivity index (χ4v) is 2.95. The van der Waals surface area contributed by atoms with E-state index in [4.69, 9.17) is 9.47 Å². The molecule has 3 rings (SSSR count). The van der Waals surface area contributed by atoms with Crippen molar-refractivity contribution in [3.63, 3.8) is 0 Å². The molecule has 0 saturated carbocycles. The van der Waals surface area contributed by atoms with E-state index in [1.54, 1.807) is 7.11 Å². The van der Waals surface area contributed by atoms with Crippen molar-refractivity contribution in [1.29, 1.82) is 0 Å². The van der Waals surface area contributed by atoms with Gasteiger partial charge in [-0.1, -0.05) is 30.3 Å². The van der Waals surface area contributed by atoms with Gasteiger partial charge in [0.05, 0.1) is 13.2 Å². The minimum atomic E-state index is 0.115. The second kappa shape index (κ2) is 5.88. The van der Waals surface area contributed by atoms with Gasteiger partial charge in [-0.2, -0.15) is 0 Å². The second-order valence-electron chi connectivity index (χ2n) is 5.96. The molecule has 0 N–H and O–H groups in total. The summed E-state index contributed by atoms with van der Waals surface area (Å²) < 4.78 is 11.5. The molecule has 114 valence electrons. The Labute approximate surface area is 132 Å². The summed E-state index contributed by atoms with van der Waals surface area (Å²) in [5.41, 5.74) is 6.35. The Morgan fingerprint density at radius 1 is 0.955 bits per heavy atom. The maximum atomic E-state index is 5.95. The third-order valence-electron chi connectivity index (χ3n) is 4.03. The molecule has 1 aliphatic rings. The molecule has 2 heteroatoms. The molecule has 22 heavy (non-hydrogen) atoms. The molecule has 0 fully saturated rings. The fourth-order valence-electron chi connectivity index (χ4n) is 2.95. The molecule has 2 aromatic carbocycles. The van der Waals surface area contributed by atoms with Crippen molar-refractivity contribution in [3.8, 4) is 22.6 Å². The molecular formula is C20H22O2. The van der Waals surface area contributed by atoms with Crippen molar-refractivity contribution in [2.75, 3.05) is 7.11 Å². The molecule has 0 amide bonds. The van der Waals surface area contributed by atoms with Crippen LogP contribution in [-0.4, -0.2) is 13.2 Å². The van der Waals surface area contributed by atoms with E-state index in [0.717, 1.165) is 17.9 Å². The van der Waals surface area contributed by atoms with Crippen LogP contribution in [-0.2, 0) is 6.42 Å². The largest absolute Gasteiger partial charge is 0.493 e. The predicted octanol–water partition coefficient (Wildman–Crippen LogP) is 5.11. The Balaban J connectivity index is 2.25. The van der Waals surface area contributed by atoms with E-state index in [2.05, 4.69) is 49.4 Å². The third kappa shape index (κ3) is 2.61. The number of hydrogen-bond donors (Lipinski definition) is 0. The average molecular weight is 294 g/mol. The van der Waals surface area contributed by atoms with Crippen molar-refractivity contribution in [3.05, 3.63) is 53.6 Å². The Morgan fingerprint density at radius 3 is 2.41 bits per heavy atom. The monoisotopic (exact) mass is 294 g/mol. The van der Waals surface area contributed by atoms with Gasteiger partial charge in [0.15, 0.2) is 11.5 Å². The number of hydrogen-bond acceptors (Lipinski definition) is 2. The molecule has 0 radical (unpaired) electrons. The number of allylic oxidation sites excluding steroid dienone is 2. The number of benzene rings is 2. The van der Waals surface area contributed by atoms with Gasteiger partial charge in [-0.25, -0.2) is 0 Å². The quantitative estimate of drug-likeness (QED) is 0.783. The summed E-state index contributed by atoms with van der Waals surface area (Å²) in [5, 5.41) is 0. The maximum Gasteiger partial charge on any atom is 0.162 e. The van der Waals surface area contributed by atoms with Gasteiger partial charge in [0.25, 0.3) is 0 Å². The Kier molecular flexibility index (Phi) is 3.93.